The molecule has 7 nitrogen and oxygen atoms in total. The van der Waals surface area contributed by atoms with E-state index in [1.165, 1.54) is 13.1 Å². The van der Waals surface area contributed by atoms with Crippen molar-refractivity contribution in [1.82, 2.24) is 20.1 Å². The number of hydrogen-bond donors (Lipinski definition) is 2. The number of nitrogens with one attached hydrogen (secondary N) is 2. The van der Waals surface area contributed by atoms with Crippen molar-refractivity contribution >= 4 is 5.96 Å². The Morgan fingerprint density at radius 3 is 1.81 bits per heavy atom. The molecule has 1 unspecified atom stereocenters. The molecule has 0 fully saturated rings. The molecule has 2 N–H and O–H groups in total. The normalized spacial score (nSPS) is 13.9. The van der Waals surface area contributed by atoms with Gasteiger partial charge in [-0.2, -0.15) is 39.5 Å². The summed E-state index contributed by atoms with van der Waals surface area (Å²) in [7, 11) is 6.84. The molecule has 43 heavy (non-hydrogen) atoms. The second-order valence-electron chi connectivity index (χ2n) is 10.1. The highest BCUT2D eigenvalue weighted by atomic mass is 19.4. The average molecular weight is 628 g/mol. The molecule has 0 aliphatic rings. The van der Waals surface area contributed by atoms with Crippen LogP contribution in [0.3, 0.4) is 0 Å². The zero-order valence-electron chi connectivity index (χ0n) is 24.2. The fraction of sp³-hybridized carbons (Fsp3) is 0.519. The molecule has 2 aromatic rings. The lowest BCUT2D eigenvalue weighted by atomic mass is 9.94. The highest BCUT2D eigenvalue weighted by Gasteiger charge is 2.37. The number of hydrazone groups is 1. The Hall–Kier alpha value is -3.40. The number of likely N-dealkylation sites (N-methyl/N-ethyl adjacent to an activating group) is 2. The van der Waals surface area contributed by atoms with E-state index in [1.54, 1.807) is 7.05 Å². The van der Waals surface area contributed by atoms with Gasteiger partial charge in [0.15, 0.2) is 0 Å². The van der Waals surface area contributed by atoms with Gasteiger partial charge in [-0.3, -0.25) is 4.90 Å². The third-order valence-electron chi connectivity index (χ3n) is 6.62. The predicted octanol–water partition coefficient (Wildman–Crippen LogP) is 7.21. The third kappa shape index (κ3) is 10.1. The summed E-state index contributed by atoms with van der Waals surface area (Å²) in [6.07, 6.45) is -14.5. The number of alkyl halides is 9. The fourth-order valence-electron chi connectivity index (χ4n) is 4.53. The monoisotopic (exact) mass is 627 g/mol. The van der Waals surface area contributed by atoms with Gasteiger partial charge in [0.2, 0.25) is 0 Å². The molecule has 0 saturated carbocycles. The van der Waals surface area contributed by atoms with E-state index < -0.39 is 59.8 Å². The summed E-state index contributed by atoms with van der Waals surface area (Å²) >= 11 is 0. The van der Waals surface area contributed by atoms with Crippen LogP contribution in [0.2, 0.25) is 0 Å². The summed E-state index contributed by atoms with van der Waals surface area (Å²) < 4.78 is 122. The van der Waals surface area contributed by atoms with Gasteiger partial charge in [0.25, 0.3) is 5.96 Å². The molecule has 0 spiro atoms. The number of hydrogen-bond acceptors (Lipinski definition) is 5. The number of guanidine groups is 1. The molecule has 0 aromatic heterocycles. The first-order chi connectivity index (χ1) is 19.8. The van der Waals surface area contributed by atoms with Crippen LogP contribution < -0.4 is 5.43 Å². The van der Waals surface area contributed by atoms with Crippen molar-refractivity contribution in [3.05, 3.63) is 69.8 Å². The van der Waals surface area contributed by atoms with E-state index in [0.29, 0.717) is 37.2 Å². The number of halogens is 9. The molecule has 0 radical (unpaired) electrons. The minimum atomic E-state index is -5.11. The van der Waals surface area contributed by atoms with Crippen LogP contribution in [0.5, 0.6) is 0 Å². The van der Waals surface area contributed by atoms with Crippen LogP contribution in [0, 0.1) is 5.53 Å². The van der Waals surface area contributed by atoms with Gasteiger partial charge in [0.1, 0.15) is 0 Å². The quantitative estimate of drug-likeness (QED) is 0.0909. The SMILES string of the molecule is CCC(c1ccc(C(F)(F)F)cc1CN(Cc1cc(C(F)(F)F)cc(C(F)(F)F)c1)/C(N=N)=N/NC)N(C)CCN(C)C. The molecule has 0 aliphatic carbocycles. The van der Waals surface area contributed by atoms with Gasteiger partial charge in [-0.25, -0.2) is 5.53 Å². The Labute approximate surface area is 243 Å². The van der Waals surface area contributed by atoms with Crippen LogP contribution >= 0.6 is 0 Å². The molecular formula is C27H34F9N7. The molecule has 2 rings (SSSR count). The Balaban J connectivity index is 2.72. The first-order valence-corrected chi connectivity index (χ1v) is 13.0. The molecule has 0 amide bonds. The molecule has 16 heteroatoms. The van der Waals surface area contributed by atoms with Crippen molar-refractivity contribution in [2.75, 3.05) is 41.3 Å². The molecular weight excluding hydrogens is 593 g/mol. The van der Waals surface area contributed by atoms with Crippen molar-refractivity contribution in [2.24, 2.45) is 10.2 Å². The molecule has 0 bridgehead atoms. The summed E-state index contributed by atoms with van der Waals surface area (Å²) in [4.78, 5) is 4.92. The summed E-state index contributed by atoms with van der Waals surface area (Å²) in [6.45, 7) is 1.89. The summed E-state index contributed by atoms with van der Waals surface area (Å²) in [6, 6.07) is 3.74. The maximum absolute atomic E-state index is 13.8. The fourth-order valence-corrected chi connectivity index (χ4v) is 4.53. The molecule has 0 saturated heterocycles. The second-order valence-corrected chi connectivity index (χ2v) is 10.1. The Kier molecular flexibility index (Phi) is 12.0. The molecule has 0 aliphatic heterocycles. The minimum Gasteiger partial charge on any atom is -0.330 e. The second kappa shape index (κ2) is 14.4. The van der Waals surface area contributed by atoms with E-state index in [0.717, 1.165) is 17.0 Å². The van der Waals surface area contributed by atoms with Crippen LogP contribution in [0.25, 0.3) is 0 Å². The lowest BCUT2D eigenvalue weighted by molar-refractivity contribution is -0.143. The van der Waals surface area contributed by atoms with Gasteiger partial charge < -0.3 is 15.2 Å². The zero-order chi connectivity index (χ0) is 32.8. The first-order valence-electron chi connectivity index (χ1n) is 13.0. The molecule has 240 valence electrons. The van der Waals surface area contributed by atoms with Crippen molar-refractivity contribution < 1.29 is 39.5 Å². The highest BCUT2D eigenvalue weighted by molar-refractivity contribution is 5.79. The standard InChI is InChI=1S/C27H34F9N7/c1-6-23(42(5)10-9-41(3)4)22-8-7-19(25(28,29)30)13-18(22)16-43(24(39-37)40-38-2)15-17-11-20(26(31,32)33)14-21(12-17)27(34,35)36/h7-8,11-14,23,37-38H,6,9-10,15-16H2,1-5H3/b39-37?,40-24+. The molecule has 0 heterocycles. The largest absolute Gasteiger partial charge is 0.416 e. The smallest absolute Gasteiger partial charge is 0.330 e. The maximum atomic E-state index is 13.8. The van der Waals surface area contributed by atoms with Crippen molar-refractivity contribution in [1.29, 1.82) is 5.53 Å². The highest BCUT2D eigenvalue weighted by Crippen LogP contribution is 2.38. The van der Waals surface area contributed by atoms with Crippen molar-refractivity contribution in [3.63, 3.8) is 0 Å². The van der Waals surface area contributed by atoms with Crippen LogP contribution in [-0.2, 0) is 31.6 Å². The van der Waals surface area contributed by atoms with E-state index in [4.69, 9.17) is 5.53 Å². The summed E-state index contributed by atoms with van der Waals surface area (Å²) in [5, 5.41) is 7.03. The predicted molar refractivity (Wildman–Crippen MR) is 143 cm³/mol. The van der Waals surface area contributed by atoms with Crippen LogP contribution in [0.1, 0.15) is 52.8 Å². The minimum absolute atomic E-state index is 0.0222. The Bertz CT molecular complexity index is 1220. The van der Waals surface area contributed by atoms with E-state index in [2.05, 4.69) is 15.6 Å². The molecule has 2 aromatic carbocycles. The third-order valence-corrected chi connectivity index (χ3v) is 6.62. The summed E-state index contributed by atoms with van der Waals surface area (Å²) in [5.41, 5.74) is 5.89. The first kappa shape index (κ1) is 35.8. The Morgan fingerprint density at radius 1 is 0.814 bits per heavy atom. The van der Waals surface area contributed by atoms with Gasteiger partial charge >= 0.3 is 18.5 Å². The zero-order valence-corrected chi connectivity index (χ0v) is 24.2. The number of rotatable bonds is 11. The van der Waals surface area contributed by atoms with Crippen molar-refractivity contribution in [2.45, 2.75) is 51.0 Å². The van der Waals surface area contributed by atoms with Gasteiger partial charge in [0.05, 0.1) is 16.7 Å². The van der Waals surface area contributed by atoms with Gasteiger partial charge in [-0.05, 0) is 74.6 Å². The lowest BCUT2D eigenvalue weighted by Gasteiger charge is -2.32. The number of benzene rings is 2. The van der Waals surface area contributed by atoms with Gasteiger partial charge in [-0.1, -0.05) is 13.0 Å². The van der Waals surface area contributed by atoms with Crippen LogP contribution in [-0.4, -0.2) is 61.9 Å². The van der Waals surface area contributed by atoms with E-state index in [1.807, 2.05) is 30.8 Å². The summed E-state index contributed by atoms with van der Waals surface area (Å²) in [5.74, 6) is -0.467. The average Bonchev–Trinajstić information content (AvgIpc) is 2.89. The molecule has 1 atom stereocenters. The van der Waals surface area contributed by atoms with Gasteiger partial charge in [0, 0.05) is 39.3 Å². The van der Waals surface area contributed by atoms with E-state index in [-0.39, 0.29) is 17.7 Å². The van der Waals surface area contributed by atoms with E-state index >= 15 is 0 Å². The Morgan fingerprint density at radius 2 is 1.37 bits per heavy atom. The van der Waals surface area contributed by atoms with Crippen LogP contribution in [0.15, 0.2) is 46.6 Å². The van der Waals surface area contributed by atoms with Crippen LogP contribution in [0.4, 0.5) is 39.5 Å². The van der Waals surface area contributed by atoms with E-state index in [9.17, 15) is 39.5 Å². The maximum Gasteiger partial charge on any atom is 0.416 e. The van der Waals surface area contributed by atoms with Crippen molar-refractivity contribution in [3.8, 4) is 0 Å². The van der Waals surface area contributed by atoms with Gasteiger partial charge in [-0.15, -0.1) is 10.2 Å². The lowest BCUT2D eigenvalue weighted by Crippen LogP contribution is -2.34. The topological polar surface area (TPSA) is 70.3 Å². The number of nitrogens with zero attached hydrogens (tertiary/aromatic N) is 5.